The highest BCUT2D eigenvalue weighted by Crippen LogP contribution is 2.43. The van der Waals surface area contributed by atoms with Gasteiger partial charge in [-0.1, -0.05) is 64.1 Å². The number of benzene rings is 3. The van der Waals surface area contributed by atoms with E-state index in [1.807, 2.05) is 39.8 Å². The number of hydrogen-bond acceptors (Lipinski definition) is 4. The second-order valence-electron chi connectivity index (χ2n) is 10.5. The zero-order valence-corrected chi connectivity index (χ0v) is 21.6. The number of aromatic hydroxyl groups is 2. The van der Waals surface area contributed by atoms with Crippen molar-refractivity contribution in [1.29, 1.82) is 0 Å². The van der Waals surface area contributed by atoms with E-state index in [4.69, 9.17) is 9.47 Å². The van der Waals surface area contributed by atoms with Crippen LogP contribution in [0.4, 0.5) is 0 Å². The number of phenolic OH excluding ortho intramolecular Hbond substituents is 2. The molecule has 0 saturated heterocycles. The van der Waals surface area contributed by atoms with Gasteiger partial charge in [-0.25, -0.2) is 0 Å². The highest BCUT2D eigenvalue weighted by atomic mass is 16.5. The summed E-state index contributed by atoms with van der Waals surface area (Å²) < 4.78 is 12.1. The smallest absolute Gasteiger partial charge is 0.127 e. The van der Waals surface area contributed by atoms with Crippen LogP contribution in [0.5, 0.6) is 23.0 Å². The minimum atomic E-state index is -0.365. The van der Waals surface area contributed by atoms with E-state index in [1.165, 1.54) is 0 Å². The van der Waals surface area contributed by atoms with Crippen molar-refractivity contribution in [2.75, 3.05) is 0 Å². The first kappa shape index (κ1) is 25.5. The van der Waals surface area contributed by atoms with Crippen LogP contribution in [-0.4, -0.2) is 22.4 Å². The van der Waals surface area contributed by atoms with Gasteiger partial charge in [0.2, 0.25) is 0 Å². The van der Waals surface area contributed by atoms with Crippen LogP contribution >= 0.6 is 0 Å². The lowest BCUT2D eigenvalue weighted by molar-refractivity contribution is 0.236. The number of hydrogen-bond donors (Lipinski definition) is 2. The van der Waals surface area contributed by atoms with E-state index in [0.717, 1.165) is 22.3 Å². The number of phenols is 2. The zero-order chi connectivity index (χ0) is 25.3. The molecule has 0 unspecified atom stereocenters. The normalized spacial score (nSPS) is 12.3. The van der Waals surface area contributed by atoms with Gasteiger partial charge >= 0.3 is 0 Å². The minimum Gasteiger partial charge on any atom is -0.508 e. The van der Waals surface area contributed by atoms with Crippen molar-refractivity contribution in [3.63, 3.8) is 0 Å². The van der Waals surface area contributed by atoms with Gasteiger partial charge < -0.3 is 19.7 Å². The highest BCUT2D eigenvalue weighted by Gasteiger charge is 2.31. The quantitative estimate of drug-likeness (QED) is 0.368. The topological polar surface area (TPSA) is 58.9 Å². The molecule has 0 atom stereocenters. The van der Waals surface area contributed by atoms with Gasteiger partial charge in [-0.15, -0.1) is 0 Å². The maximum absolute atomic E-state index is 10.1. The molecule has 4 heteroatoms. The Balaban J connectivity index is 2.09. The third-order valence-corrected chi connectivity index (χ3v) is 6.31. The van der Waals surface area contributed by atoms with Gasteiger partial charge in [0.15, 0.2) is 0 Å². The molecule has 3 aromatic rings. The molecule has 0 bridgehead atoms. The summed E-state index contributed by atoms with van der Waals surface area (Å²) in [6.45, 7) is 16.6. The molecule has 34 heavy (non-hydrogen) atoms. The Morgan fingerprint density at radius 2 is 0.971 bits per heavy atom. The van der Waals surface area contributed by atoms with E-state index in [2.05, 4.69) is 52.0 Å². The van der Waals surface area contributed by atoms with E-state index >= 15 is 0 Å². The summed E-state index contributed by atoms with van der Waals surface area (Å²) in [4.78, 5) is 0. The maximum atomic E-state index is 10.1. The summed E-state index contributed by atoms with van der Waals surface area (Å²) in [7, 11) is 0. The van der Waals surface area contributed by atoms with E-state index in [9.17, 15) is 10.2 Å². The predicted molar refractivity (Wildman–Crippen MR) is 138 cm³/mol. The molecule has 0 aromatic heterocycles. The van der Waals surface area contributed by atoms with Crippen molar-refractivity contribution in [1.82, 2.24) is 0 Å². The van der Waals surface area contributed by atoms with Gasteiger partial charge in [-0.2, -0.15) is 0 Å². The molecule has 2 N–H and O–H groups in total. The van der Waals surface area contributed by atoms with Gasteiger partial charge in [0.25, 0.3) is 0 Å². The van der Waals surface area contributed by atoms with Crippen LogP contribution < -0.4 is 9.47 Å². The predicted octanol–water partition coefficient (Wildman–Crippen LogP) is 7.32. The molecule has 0 saturated carbocycles. The fraction of sp³-hybridized carbons (Fsp3) is 0.400. The molecule has 0 heterocycles. The largest absolute Gasteiger partial charge is 0.508 e. The van der Waals surface area contributed by atoms with Crippen LogP contribution in [0.25, 0.3) is 0 Å². The molecule has 0 aliphatic rings. The summed E-state index contributed by atoms with van der Waals surface area (Å²) in [5, 5.41) is 20.1. The molecule has 182 valence electrons. The van der Waals surface area contributed by atoms with Gasteiger partial charge in [0.1, 0.15) is 23.0 Å². The van der Waals surface area contributed by atoms with Gasteiger partial charge in [0, 0.05) is 34.1 Å². The third-order valence-electron chi connectivity index (χ3n) is 6.31. The van der Waals surface area contributed by atoms with E-state index < -0.39 is 0 Å². The van der Waals surface area contributed by atoms with Crippen molar-refractivity contribution in [2.24, 2.45) is 0 Å². The number of ether oxygens (including phenoxy) is 2. The minimum absolute atomic E-state index is 0.00417. The Morgan fingerprint density at radius 3 is 1.32 bits per heavy atom. The molecule has 0 fully saturated rings. The molecule has 0 aliphatic carbocycles. The summed E-state index contributed by atoms with van der Waals surface area (Å²) in [6.07, 6.45) is -0.00835. The molecule has 3 rings (SSSR count). The molecule has 0 amide bonds. The average molecular weight is 463 g/mol. The Hall–Kier alpha value is -3.14. The standard InChI is InChI=1S/C30H38O4/c1-19(2)33-27-17-23(31)12-14-25(27)29(5,6)21-10-9-11-22(16-21)30(7,8)26-15-13-24(32)18-28(26)34-20(3)4/h9-20,31-32H,1-8H3. The first-order valence-electron chi connectivity index (χ1n) is 11.9. The molecule has 0 radical (unpaired) electrons. The molecular weight excluding hydrogens is 424 g/mol. The van der Waals surface area contributed by atoms with Crippen molar-refractivity contribution < 1.29 is 19.7 Å². The SMILES string of the molecule is CC(C)Oc1cc(O)ccc1C(C)(C)c1cccc(C(C)(C)c2ccc(O)cc2OC(C)C)c1. The molecule has 4 nitrogen and oxygen atoms in total. The van der Waals surface area contributed by atoms with Crippen molar-refractivity contribution in [2.45, 2.75) is 78.4 Å². The molecular formula is C30H38O4. The average Bonchev–Trinajstić information content (AvgIpc) is 2.72. The summed E-state index contributed by atoms with van der Waals surface area (Å²) >= 11 is 0. The third kappa shape index (κ3) is 5.32. The highest BCUT2D eigenvalue weighted by molar-refractivity contribution is 5.53. The Bertz CT molecular complexity index is 1060. The van der Waals surface area contributed by atoms with Crippen LogP contribution in [0, 0.1) is 0 Å². The first-order chi connectivity index (χ1) is 15.8. The van der Waals surface area contributed by atoms with Crippen LogP contribution in [-0.2, 0) is 10.8 Å². The van der Waals surface area contributed by atoms with Crippen molar-refractivity contribution in [3.8, 4) is 23.0 Å². The summed E-state index contributed by atoms with van der Waals surface area (Å²) in [6, 6.07) is 19.3. The fourth-order valence-corrected chi connectivity index (χ4v) is 4.37. The van der Waals surface area contributed by atoms with Crippen LogP contribution in [0.1, 0.15) is 77.6 Å². The summed E-state index contributed by atoms with van der Waals surface area (Å²) in [5.41, 5.74) is 3.58. The lowest BCUT2D eigenvalue weighted by atomic mass is 9.73. The Morgan fingerprint density at radius 1 is 0.588 bits per heavy atom. The fourth-order valence-electron chi connectivity index (χ4n) is 4.37. The van der Waals surface area contributed by atoms with Crippen molar-refractivity contribution in [3.05, 3.63) is 82.9 Å². The molecule has 0 aliphatic heterocycles. The van der Waals surface area contributed by atoms with E-state index in [-0.39, 0.29) is 34.5 Å². The van der Waals surface area contributed by atoms with E-state index in [1.54, 1.807) is 24.3 Å². The maximum Gasteiger partial charge on any atom is 0.127 e. The lowest BCUT2D eigenvalue weighted by Gasteiger charge is -2.33. The summed E-state index contributed by atoms with van der Waals surface area (Å²) in [5.74, 6) is 1.76. The molecule has 0 spiro atoms. The first-order valence-corrected chi connectivity index (χ1v) is 11.9. The van der Waals surface area contributed by atoms with Crippen LogP contribution in [0.15, 0.2) is 60.7 Å². The number of rotatable bonds is 8. The van der Waals surface area contributed by atoms with Crippen molar-refractivity contribution >= 4 is 0 Å². The Labute approximate surface area is 204 Å². The molecule has 3 aromatic carbocycles. The lowest BCUT2D eigenvalue weighted by Crippen LogP contribution is -2.24. The second kappa shape index (κ2) is 9.61. The van der Waals surface area contributed by atoms with Gasteiger partial charge in [-0.05, 0) is 51.0 Å². The van der Waals surface area contributed by atoms with E-state index in [0.29, 0.717) is 11.5 Å². The van der Waals surface area contributed by atoms with Crippen LogP contribution in [0.3, 0.4) is 0 Å². The Kier molecular flexibility index (Phi) is 7.21. The van der Waals surface area contributed by atoms with Crippen LogP contribution in [0.2, 0.25) is 0 Å². The van der Waals surface area contributed by atoms with Gasteiger partial charge in [0.05, 0.1) is 12.2 Å². The second-order valence-corrected chi connectivity index (χ2v) is 10.5. The van der Waals surface area contributed by atoms with Gasteiger partial charge in [-0.3, -0.25) is 0 Å². The zero-order valence-electron chi connectivity index (χ0n) is 21.6. The monoisotopic (exact) mass is 462 g/mol.